The number of fused-ring (bicyclic) bond motifs is 1. The molecular weight excluding hydrogens is 707 g/mol. The number of halogens is 2. The fourth-order valence-electron chi connectivity index (χ4n) is 7.59. The molecule has 6 aromatic rings. The van der Waals surface area contributed by atoms with Crippen molar-refractivity contribution in [2.24, 2.45) is 0 Å². The standard InChI is InChI=1S/C41H40Cl2N8O2/c1-26(27-13-15-29(42)16-14-27)51-25-45-36(28-8-3-2-4-9-28)38(51)35-32-18-17-30(43)24-34(32)47-37(35)40(52)48-33-12-7-19-44-39(33)49-20-22-50(23-21-49)41(53)46-31-10-5-6-11-31/h2-4,7-9,12-19,24-26,31,47H,5-6,10-11,20-23H2,1H3,(H,46,53)(H,48,52). The van der Waals surface area contributed by atoms with E-state index < -0.39 is 0 Å². The fraction of sp³-hybridized carbons (Fsp3) is 0.268. The summed E-state index contributed by atoms with van der Waals surface area (Å²) in [4.78, 5) is 44.7. The van der Waals surface area contributed by atoms with E-state index in [2.05, 4.69) is 32.0 Å². The van der Waals surface area contributed by atoms with Crippen LogP contribution < -0.4 is 15.5 Å². The van der Waals surface area contributed by atoms with E-state index in [0.29, 0.717) is 59.0 Å². The van der Waals surface area contributed by atoms with Gasteiger partial charge in [0.1, 0.15) is 5.69 Å². The number of imidazole rings is 1. The number of aromatic nitrogens is 4. The number of nitrogens with one attached hydrogen (secondary N) is 3. The number of benzene rings is 3. The van der Waals surface area contributed by atoms with Gasteiger partial charge in [-0.15, -0.1) is 0 Å². The highest BCUT2D eigenvalue weighted by Gasteiger charge is 2.30. The number of aromatic amines is 1. The van der Waals surface area contributed by atoms with E-state index in [0.717, 1.165) is 46.3 Å². The van der Waals surface area contributed by atoms with Crippen LogP contribution in [0.25, 0.3) is 33.4 Å². The smallest absolute Gasteiger partial charge is 0.317 e. The summed E-state index contributed by atoms with van der Waals surface area (Å²) >= 11 is 12.8. The topological polar surface area (TPSA) is 111 Å². The monoisotopic (exact) mass is 746 g/mol. The molecule has 53 heavy (non-hydrogen) atoms. The van der Waals surface area contributed by atoms with Crippen molar-refractivity contribution in [1.29, 1.82) is 0 Å². The molecule has 1 saturated heterocycles. The maximum absolute atomic E-state index is 14.6. The second kappa shape index (κ2) is 15.0. The van der Waals surface area contributed by atoms with Crippen molar-refractivity contribution < 1.29 is 9.59 Å². The third-order valence-corrected chi connectivity index (χ3v) is 10.9. The Morgan fingerprint density at radius 1 is 0.868 bits per heavy atom. The summed E-state index contributed by atoms with van der Waals surface area (Å²) in [6.45, 7) is 4.42. The zero-order chi connectivity index (χ0) is 36.5. The minimum absolute atomic E-state index is 0.00275. The molecule has 2 aliphatic rings. The number of piperazine rings is 1. The SMILES string of the molecule is CC(c1ccc(Cl)cc1)n1cnc(-c2ccccc2)c1-c1c(C(=O)Nc2cccnc2N2CCN(C(=O)NC3CCCC3)CC2)[nH]c2cc(Cl)ccc12. The van der Waals surface area contributed by atoms with Crippen molar-refractivity contribution in [1.82, 2.24) is 29.7 Å². The molecule has 1 aliphatic carbocycles. The molecule has 0 spiro atoms. The molecule has 1 aliphatic heterocycles. The third kappa shape index (κ3) is 7.09. The number of rotatable bonds is 8. The van der Waals surface area contributed by atoms with Crippen molar-refractivity contribution in [3.8, 4) is 22.5 Å². The lowest BCUT2D eigenvalue weighted by atomic mass is 9.99. The molecular formula is C41H40Cl2N8O2. The molecule has 4 heterocycles. The largest absolute Gasteiger partial charge is 0.351 e. The number of anilines is 2. The molecule has 1 saturated carbocycles. The molecule has 10 nitrogen and oxygen atoms in total. The molecule has 3 aromatic heterocycles. The molecule has 3 N–H and O–H groups in total. The number of hydrogen-bond donors (Lipinski definition) is 3. The Kier molecular flexibility index (Phi) is 9.81. The number of pyridine rings is 1. The Labute approximate surface area is 318 Å². The summed E-state index contributed by atoms with van der Waals surface area (Å²) in [6, 6.07) is 27.2. The lowest BCUT2D eigenvalue weighted by molar-refractivity contribution is 0.102. The van der Waals surface area contributed by atoms with Crippen molar-refractivity contribution >= 4 is 57.5 Å². The van der Waals surface area contributed by atoms with Crippen molar-refractivity contribution in [3.05, 3.63) is 119 Å². The predicted octanol–water partition coefficient (Wildman–Crippen LogP) is 9.04. The van der Waals surface area contributed by atoms with Crippen LogP contribution in [0.1, 0.15) is 54.7 Å². The highest BCUT2D eigenvalue weighted by molar-refractivity contribution is 6.31. The van der Waals surface area contributed by atoms with E-state index in [1.54, 1.807) is 6.20 Å². The van der Waals surface area contributed by atoms with Crippen LogP contribution >= 0.6 is 23.2 Å². The van der Waals surface area contributed by atoms with E-state index >= 15 is 0 Å². The summed E-state index contributed by atoms with van der Waals surface area (Å²) in [5, 5.41) is 8.43. The Balaban J connectivity index is 1.15. The van der Waals surface area contributed by atoms with Crippen LogP contribution in [0, 0.1) is 0 Å². The van der Waals surface area contributed by atoms with Crippen LogP contribution in [0.2, 0.25) is 10.0 Å². The molecule has 0 radical (unpaired) electrons. The Morgan fingerprint density at radius 2 is 1.60 bits per heavy atom. The van der Waals surface area contributed by atoms with Gasteiger partial charge in [-0.1, -0.05) is 84.6 Å². The second-order valence-corrected chi connectivity index (χ2v) is 14.6. The molecule has 3 aromatic carbocycles. The molecule has 12 heteroatoms. The molecule has 0 bridgehead atoms. The number of H-pyrrole nitrogens is 1. The summed E-state index contributed by atoms with van der Waals surface area (Å²) in [5.41, 5.74) is 5.87. The van der Waals surface area contributed by atoms with Gasteiger partial charge in [-0.25, -0.2) is 14.8 Å². The molecule has 270 valence electrons. The highest BCUT2D eigenvalue weighted by atomic mass is 35.5. The summed E-state index contributed by atoms with van der Waals surface area (Å²) < 4.78 is 2.11. The fourth-order valence-corrected chi connectivity index (χ4v) is 7.88. The summed E-state index contributed by atoms with van der Waals surface area (Å²) in [7, 11) is 0. The van der Waals surface area contributed by atoms with E-state index in [1.807, 2.05) is 96.2 Å². The van der Waals surface area contributed by atoms with Crippen molar-refractivity contribution in [2.75, 3.05) is 36.4 Å². The van der Waals surface area contributed by atoms with Crippen molar-refractivity contribution in [3.63, 3.8) is 0 Å². The third-order valence-electron chi connectivity index (χ3n) is 10.4. The molecule has 8 rings (SSSR count). The quantitative estimate of drug-likeness (QED) is 0.144. The van der Waals surface area contributed by atoms with Gasteiger partial charge >= 0.3 is 6.03 Å². The van der Waals surface area contributed by atoms with Gasteiger partial charge in [-0.3, -0.25) is 4.79 Å². The lowest BCUT2D eigenvalue weighted by Crippen LogP contribution is -2.53. The first kappa shape index (κ1) is 34.7. The first-order valence-electron chi connectivity index (χ1n) is 18.1. The number of amides is 3. The van der Waals surface area contributed by atoms with Crippen LogP contribution in [0.4, 0.5) is 16.3 Å². The average molecular weight is 748 g/mol. The molecule has 3 amide bonds. The maximum atomic E-state index is 14.6. The molecule has 2 fully saturated rings. The normalized spacial score (nSPS) is 15.5. The predicted molar refractivity (Wildman–Crippen MR) is 212 cm³/mol. The Bertz CT molecular complexity index is 2260. The van der Waals surface area contributed by atoms with Gasteiger partial charge in [0, 0.05) is 70.5 Å². The van der Waals surface area contributed by atoms with Crippen LogP contribution in [0.15, 0.2) is 97.5 Å². The van der Waals surface area contributed by atoms with Gasteiger partial charge in [-0.2, -0.15) is 0 Å². The molecule has 1 atom stereocenters. The van der Waals surface area contributed by atoms with E-state index in [9.17, 15) is 9.59 Å². The average Bonchev–Trinajstić information content (AvgIpc) is 3.94. The van der Waals surface area contributed by atoms with Gasteiger partial charge in [0.05, 0.1) is 29.4 Å². The van der Waals surface area contributed by atoms with Gasteiger partial charge in [0.25, 0.3) is 5.91 Å². The number of carbonyl (C=O) groups is 2. The zero-order valence-corrected chi connectivity index (χ0v) is 30.9. The van der Waals surface area contributed by atoms with Gasteiger partial charge in [-0.05, 0) is 61.7 Å². The second-order valence-electron chi connectivity index (χ2n) is 13.7. The minimum Gasteiger partial charge on any atom is -0.351 e. The van der Waals surface area contributed by atoms with E-state index in [-0.39, 0.29) is 24.0 Å². The number of urea groups is 1. The van der Waals surface area contributed by atoms with Crippen LogP contribution in [-0.4, -0.2) is 68.6 Å². The zero-order valence-electron chi connectivity index (χ0n) is 29.4. The number of nitrogens with zero attached hydrogens (tertiary/aromatic N) is 5. The highest BCUT2D eigenvalue weighted by Crippen LogP contribution is 2.42. The van der Waals surface area contributed by atoms with Crippen molar-refractivity contribution in [2.45, 2.75) is 44.7 Å². The first-order valence-corrected chi connectivity index (χ1v) is 18.9. The Morgan fingerprint density at radius 3 is 2.36 bits per heavy atom. The van der Waals surface area contributed by atoms with Crippen LogP contribution in [0.5, 0.6) is 0 Å². The number of carbonyl (C=O) groups excluding carboxylic acids is 2. The van der Waals surface area contributed by atoms with E-state index in [4.69, 9.17) is 33.2 Å². The summed E-state index contributed by atoms with van der Waals surface area (Å²) in [5.74, 6) is 0.325. The first-order chi connectivity index (χ1) is 25.8. The maximum Gasteiger partial charge on any atom is 0.317 e. The van der Waals surface area contributed by atoms with Gasteiger partial charge in [0.2, 0.25) is 0 Å². The minimum atomic E-state index is -0.331. The van der Waals surface area contributed by atoms with Crippen LogP contribution in [-0.2, 0) is 0 Å². The summed E-state index contributed by atoms with van der Waals surface area (Å²) in [6.07, 6.45) is 7.99. The molecule has 1 unspecified atom stereocenters. The van der Waals surface area contributed by atoms with Crippen LogP contribution in [0.3, 0.4) is 0 Å². The number of hydrogen-bond acceptors (Lipinski definition) is 5. The lowest BCUT2D eigenvalue weighted by Gasteiger charge is -2.36. The van der Waals surface area contributed by atoms with E-state index in [1.165, 1.54) is 12.8 Å². The van der Waals surface area contributed by atoms with Gasteiger partial charge in [0.15, 0.2) is 5.82 Å². The van der Waals surface area contributed by atoms with Gasteiger partial charge < -0.3 is 30.0 Å². The Hall–Kier alpha value is -5.32.